The van der Waals surface area contributed by atoms with Gasteiger partial charge in [-0.2, -0.15) is 0 Å². The number of aromatic nitrogens is 1. The first-order chi connectivity index (χ1) is 12.2. The molecule has 6 nitrogen and oxygen atoms in total. The van der Waals surface area contributed by atoms with Crippen molar-refractivity contribution in [3.05, 3.63) is 24.5 Å². The Balaban J connectivity index is 1.33. The van der Waals surface area contributed by atoms with Gasteiger partial charge in [0.2, 0.25) is 0 Å². The molecule has 4 rings (SSSR count). The summed E-state index contributed by atoms with van der Waals surface area (Å²) in [6.07, 6.45) is 9.39. The van der Waals surface area contributed by atoms with E-state index in [1.807, 2.05) is 17.0 Å². The van der Waals surface area contributed by atoms with Gasteiger partial charge in [-0.05, 0) is 44.9 Å². The lowest BCUT2D eigenvalue weighted by Gasteiger charge is -2.39. The summed E-state index contributed by atoms with van der Waals surface area (Å²) in [6.45, 7) is 2.01. The van der Waals surface area contributed by atoms with Gasteiger partial charge in [-0.15, -0.1) is 0 Å². The van der Waals surface area contributed by atoms with E-state index in [1.165, 1.54) is 0 Å². The summed E-state index contributed by atoms with van der Waals surface area (Å²) in [6, 6.07) is 4.33. The minimum absolute atomic E-state index is 0.0764. The Labute approximate surface area is 149 Å². The van der Waals surface area contributed by atoms with Gasteiger partial charge in [0.25, 0.3) is 0 Å². The number of ether oxygens (including phenoxy) is 2. The standard InChI is InChI=1S/C19H27N3O3/c1-21-9-6-16(7-10-21)25-19(23)22-14-4-5-15(22)12-18(11-14)24-17-3-2-8-20-13-17/h2-3,8,13-16,18H,4-7,9-12H2,1H3. The quantitative estimate of drug-likeness (QED) is 0.843. The first-order valence-electron chi connectivity index (χ1n) is 9.43. The molecule has 1 amide bonds. The molecule has 6 heteroatoms. The first-order valence-corrected chi connectivity index (χ1v) is 9.43. The number of pyridine rings is 1. The van der Waals surface area contributed by atoms with E-state index in [-0.39, 0.29) is 30.4 Å². The van der Waals surface area contributed by atoms with E-state index in [1.54, 1.807) is 12.4 Å². The van der Waals surface area contributed by atoms with Crippen LogP contribution in [0.2, 0.25) is 0 Å². The third kappa shape index (κ3) is 3.73. The lowest BCUT2D eigenvalue weighted by Crippen LogP contribution is -2.50. The molecule has 4 heterocycles. The highest BCUT2D eigenvalue weighted by atomic mass is 16.6. The van der Waals surface area contributed by atoms with Crippen LogP contribution in [0.3, 0.4) is 0 Å². The van der Waals surface area contributed by atoms with Crippen LogP contribution in [-0.2, 0) is 4.74 Å². The molecule has 3 aliphatic heterocycles. The molecule has 2 bridgehead atoms. The zero-order valence-corrected chi connectivity index (χ0v) is 14.8. The molecule has 3 saturated heterocycles. The maximum Gasteiger partial charge on any atom is 0.410 e. The number of nitrogens with zero attached hydrogens (tertiary/aromatic N) is 3. The van der Waals surface area contributed by atoms with E-state index in [0.29, 0.717) is 0 Å². The molecule has 0 saturated carbocycles. The number of carbonyl (C=O) groups is 1. The van der Waals surface area contributed by atoms with E-state index in [9.17, 15) is 4.79 Å². The Kier molecular flexibility index (Phi) is 4.79. The Morgan fingerprint density at radius 1 is 1.12 bits per heavy atom. The Morgan fingerprint density at radius 3 is 2.48 bits per heavy atom. The average molecular weight is 345 g/mol. The maximum atomic E-state index is 12.7. The molecule has 0 aliphatic carbocycles. The van der Waals surface area contributed by atoms with Gasteiger partial charge in [-0.1, -0.05) is 0 Å². The van der Waals surface area contributed by atoms with Crippen molar-refractivity contribution in [1.82, 2.24) is 14.8 Å². The fourth-order valence-electron chi connectivity index (χ4n) is 4.44. The lowest BCUT2D eigenvalue weighted by atomic mass is 10.00. The van der Waals surface area contributed by atoms with Crippen LogP contribution in [0.5, 0.6) is 5.75 Å². The molecule has 0 radical (unpaired) electrons. The van der Waals surface area contributed by atoms with Crippen molar-refractivity contribution >= 4 is 6.09 Å². The summed E-state index contributed by atoms with van der Waals surface area (Å²) < 4.78 is 11.9. The van der Waals surface area contributed by atoms with Gasteiger partial charge in [0.05, 0.1) is 6.20 Å². The van der Waals surface area contributed by atoms with E-state index in [2.05, 4.69) is 16.9 Å². The van der Waals surface area contributed by atoms with Crippen LogP contribution >= 0.6 is 0 Å². The van der Waals surface area contributed by atoms with E-state index >= 15 is 0 Å². The number of piperidine rings is 2. The molecule has 3 aliphatic rings. The second kappa shape index (κ2) is 7.20. The Hall–Kier alpha value is -1.82. The second-order valence-corrected chi connectivity index (χ2v) is 7.58. The van der Waals surface area contributed by atoms with Gasteiger partial charge >= 0.3 is 6.09 Å². The van der Waals surface area contributed by atoms with Crippen LogP contribution in [0.15, 0.2) is 24.5 Å². The number of amides is 1. The van der Waals surface area contributed by atoms with E-state index in [0.717, 1.165) is 57.4 Å². The van der Waals surface area contributed by atoms with Gasteiger partial charge in [0, 0.05) is 44.2 Å². The maximum absolute atomic E-state index is 12.7. The molecule has 2 atom stereocenters. The molecule has 25 heavy (non-hydrogen) atoms. The average Bonchev–Trinajstić information content (AvgIpc) is 2.89. The summed E-state index contributed by atoms with van der Waals surface area (Å²) in [5, 5.41) is 0. The van der Waals surface area contributed by atoms with Gasteiger partial charge in [0.15, 0.2) is 0 Å². The van der Waals surface area contributed by atoms with Crippen LogP contribution in [0.25, 0.3) is 0 Å². The van der Waals surface area contributed by atoms with Crippen molar-refractivity contribution in [3.63, 3.8) is 0 Å². The van der Waals surface area contributed by atoms with Crippen molar-refractivity contribution in [1.29, 1.82) is 0 Å². The molecule has 1 aromatic rings. The smallest absolute Gasteiger partial charge is 0.410 e. The topological polar surface area (TPSA) is 54.9 Å². The summed E-state index contributed by atoms with van der Waals surface area (Å²) >= 11 is 0. The summed E-state index contributed by atoms with van der Waals surface area (Å²) in [5.74, 6) is 0.814. The van der Waals surface area contributed by atoms with Gasteiger partial charge < -0.3 is 19.3 Å². The second-order valence-electron chi connectivity index (χ2n) is 7.58. The molecular weight excluding hydrogens is 318 g/mol. The molecule has 2 unspecified atom stereocenters. The Bertz CT molecular complexity index is 575. The van der Waals surface area contributed by atoms with Crippen LogP contribution in [0.4, 0.5) is 4.79 Å². The number of hydrogen-bond donors (Lipinski definition) is 0. The van der Waals surface area contributed by atoms with Crippen molar-refractivity contribution in [3.8, 4) is 5.75 Å². The number of fused-ring (bicyclic) bond motifs is 2. The molecule has 1 aromatic heterocycles. The van der Waals surface area contributed by atoms with Crippen molar-refractivity contribution in [2.24, 2.45) is 0 Å². The zero-order valence-electron chi connectivity index (χ0n) is 14.8. The largest absolute Gasteiger partial charge is 0.489 e. The van der Waals surface area contributed by atoms with Crippen molar-refractivity contribution in [2.75, 3.05) is 20.1 Å². The summed E-state index contributed by atoms with van der Waals surface area (Å²) in [4.78, 5) is 21.1. The fourth-order valence-corrected chi connectivity index (χ4v) is 4.44. The minimum atomic E-state index is -0.109. The number of likely N-dealkylation sites (tertiary alicyclic amines) is 1. The van der Waals surface area contributed by atoms with Crippen molar-refractivity contribution in [2.45, 2.75) is 62.8 Å². The van der Waals surface area contributed by atoms with E-state index in [4.69, 9.17) is 9.47 Å². The van der Waals surface area contributed by atoms with Crippen LogP contribution in [-0.4, -0.2) is 65.3 Å². The molecule has 0 aromatic carbocycles. The SMILES string of the molecule is CN1CCC(OC(=O)N2C3CCC2CC(Oc2cccnc2)C3)CC1. The van der Waals surface area contributed by atoms with Crippen LogP contribution < -0.4 is 4.74 Å². The minimum Gasteiger partial charge on any atom is -0.489 e. The highest BCUT2D eigenvalue weighted by Crippen LogP contribution is 2.38. The Morgan fingerprint density at radius 2 is 1.84 bits per heavy atom. The highest BCUT2D eigenvalue weighted by Gasteiger charge is 2.45. The number of carbonyl (C=O) groups excluding carboxylic acids is 1. The molecule has 136 valence electrons. The van der Waals surface area contributed by atoms with Crippen molar-refractivity contribution < 1.29 is 14.3 Å². The fraction of sp³-hybridized carbons (Fsp3) is 0.684. The van der Waals surface area contributed by atoms with Crippen LogP contribution in [0, 0.1) is 0 Å². The highest BCUT2D eigenvalue weighted by molar-refractivity contribution is 5.69. The molecule has 3 fully saturated rings. The third-order valence-corrected chi connectivity index (χ3v) is 5.77. The monoisotopic (exact) mass is 345 g/mol. The molecule has 0 N–H and O–H groups in total. The van der Waals surface area contributed by atoms with Gasteiger partial charge in [-0.3, -0.25) is 4.98 Å². The number of hydrogen-bond acceptors (Lipinski definition) is 5. The van der Waals surface area contributed by atoms with Crippen LogP contribution in [0.1, 0.15) is 38.5 Å². The lowest BCUT2D eigenvalue weighted by molar-refractivity contribution is 0.000596. The predicted molar refractivity (Wildman–Crippen MR) is 93.5 cm³/mol. The molecular formula is C19H27N3O3. The van der Waals surface area contributed by atoms with Gasteiger partial charge in [-0.25, -0.2) is 4.79 Å². The molecule has 0 spiro atoms. The summed E-state index contributed by atoms with van der Waals surface area (Å²) in [7, 11) is 2.12. The van der Waals surface area contributed by atoms with E-state index < -0.39 is 0 Å². The van der Waals surface area contributed by atoms with Gasteiger partial charge in [0.1, 0.15) is 18.0 Å². The predicted octanol–water partition coefficient (Wildman–Crippen LogP) is 2.69. The first kappa shape index (κ1) is 16.6. The summed E-state index contributed by atoms with van der Waals surface area (Å²) in [5.41, 5.74) is 0. The zero-order chi connectivity index (χ0) is 17.2. The normalized spacial score (nSPS) is 30.3. The third-order valence-electron chi connectivity index (χ3n) is 5.77. The number of rotatable bonds is 3.